The zero-order chi connectivity index (χ0) is 19.9. The fraction of sp³-hybridized carbons (Fsp3) is 0.400. The molecular weight excluding hydrogens is 346 g/mol. The molecule has 2 aromatic carbocycles. The lowest BCUT2D eigenvalue weighted by Gasteiger charge is -2.20. The summed E-state index contributed by atoms with van der Waals surface area (Å²) < 4.78 is 6.34. The average Bonchev–Trinajstić information content (AvgIpc) is 3.15. The van der Waals surface area contributed by atoms with Crippen molar-refractivity contribution in [3.8, 4) is 0 Å². The lowest BCUT2D eigenvalue weighted by atomic mass is 9.98. The summed E-state index contributed by atoms with van der Waals surface area (Å²) in [5.41, 5.74) is 3.14. The predicted octanol–water partition coefficient (Wildman–Crippen LogP) is 5.88. The molecule has 0 aromatic heterocycles. The zero-order valence-electron chi connectivity index (χ0n) is 17.2. The van der Waals surface area contributed by atoms with Crippen LogP contribution in [0.3, 0.4) is 0 Å². The van der Waals surface area contributed by atoms with Crippen LogP contribution in [0.25, 0.3) is 11.5 Å². The van der Waals surface area contributed by atoms with Gasteiger partial charge in [-0.1, -0.05) is 87.9 Å². The minimum absolute atomic E-state index is 0.103. The van der Waals surface area contributed by atoms with E-state index in [1.807, 2.05) is 36.4 Å². The molecular formula is C25H31NO2. The molecule has 0 radical (unpaired) electrons. The third-order valence-electron chi connectivity index (χ3n) is 5.16. The van der Waals surface area contributed by atoms with Crippen molar-refractivity contribution in [2.45, 2.75) is 52.7 Å². The molecule has 1 heterocycles. The summed E-state index contributed by atoms with van der Waals surface area (Å²) >= 11 is 0. The molecule has 2 atom stereocenters. The first-order valence-corrected chi connectivity index (χ1v) is 10.3. The minimum Gasteiger partial charge on any atom is -0.468 e. The molecule has 2 aromatic rings. The molecule has 0 fully saturated rings. The van der Waals surface area contributed by atoms with E-state index in [0.717, 1.165) is 35.4 Å². The third kappa shape index (κ3) is 5.25. The summed E-state index contributed by atoms with van der Waals surface area (Å²) in [6, 6.07) is 20.4. The number of ether oxygens (including phenoxy) is 1. The first-order chi connectivity index (χ1) is 13.5. The highest BCUT2D eigenvalue weighted by Gasteiger charge is 2.31. The number of nitrogens with one attached hydrogen (secondary N) is 1. The highest BCUT2D eigenvalue weighted by atomic mass is 16.5. The second-order valence-corrected chi connectivity index (χ2v) is 8.13. The van der Waals surface area contributed by atoms with Crippen LogP contribution in [0.4, 0.5) is 0 Å². The number of rotatable bonds is 9. The highest BCUT2D eigenvalue weighted by Crippen LogP contribution is 2.34. The fourth-order valence-electron chi connectivity index (χ4n) is 3.58. The Labute approximate surface area is 168 Å². The number of ketones is 1. The van der Waals surface area contributed by atoms with Gasteiger partial charge in [-0.25, -0.2) is 0 Å². The molecule has 28 heavy (non-hydrogen) atoms. The molecule has 1 aliphatic heterocycles. The van der Waals surface area contributed by atoms with Crippen LogP contribution >= 0.6 is 0 Å². The molecule has 2 unspecified atom stereocenters. The van der Waals surface area contributed by atoms with E-state index < -0.39 is 0 Å². The summed E-state index contributed by atoms with van der Waals surface area (Å²) in [4.78, 5) is 12.4. The van der Waals surface area contributed by atoms with Crippen LogP contribution in [0.15, 0.2) is 60.7 Å². The molecule has 0 amide bonds. The molecule has 148 valence electrons. The Morgan fingerprint density at radius 3 is 2.18 bits per heavy atom. The largest absolute Gasteiger partial charge is 0.468 e. The molecule has 0 spiro atoms. The van der Waals surface area contributed by atoms with Gasteiger partial charge in [-0.2, -0.15) is 0 Å². The average molecular weight is 378 g/mol. The smallest absolute Gasteiger partial charge is 0.173 e. The third-order valence-corrected chi connectivity index (χ3v) is 5.16. The van der Waals surface area contributed by atoms with Gasteiger partial charge in [-0.05, 0) is 12.3 Å². The first kappa shape index (κ1) is 20.2. The molecule has 3 heteroatoms. The summed E-state index contributed by atoms with van der Waals surface area (Å²) in [5, 5.41) is 3.54. The Hall–Kier alpha value is -2.55. The molecule has 1 N–H and O–H groups in total. The Morgan fingerprint density at radius 2 is 1.57 bits per heavy atom. The Morgan fingerprint density at radius 1 is 0.964 bits per heavy atom. The number of carbonyl (C=O) groups is 1. The Kier molecular flexibility index (Phi) is 6.91. The summed E-state index contributed by atoms with van der Waals surface area (Å²) in [7, 11) is 0. The Balaban J connectivity index is 1.70. The van der Waals surface area contributed by atoms with E-state index in [9.17, 15) is 4.79 Å². The normalized spacial score (nSPS) is 17.4. The number of carbonyl (C=O) groups excluding carboxylic acids is 1. The van der Waals surface area contributed by atoms with Gasteiger partial charge in [-0.3, -0.25) is 4.79 Å². The van der Waals surface area contributed by atoms with Gasteiger partial charge in [0.15, 0.2) is 12.0 Å². The maximum Gasteiger partial charge on any atom is 0.173 e. The van der Waals surface area contributed by atoms with Crippen molar-refractivity contribution < 1.29 is 9.53 Å². The van der Waals surface area contributed by atoms with Crippen molar-refractivity contribution >= 4 is 17.2 Å². The van der Waals surface area contributed by atoms with Crippen molar-refractivity contribution in [3.05, 3.63) is 71.8 Å². The quantitative estimate of drug-likeness (QED) is 0.593. The van der Waals surface area contributed by atoms with Gasteiger partial charge in [0.2, 0.25) is 0 Å². The maximum atomic E-state index is 12.4. The maximum absolute atomic E-state index is 12.4. The van der Waals surface area contributed by atoms with E-state index in [-0.39, 0.29) is 12.1 Å². The van der Waals surface area contributed by atoms with Crippen LogP contribution < -0.4 is 5.32 Å². The van der Waals surface area contributed by atoms with Gasteiger partial charge in [0, 0.05) is 29.9 Å². The van der Waals surface area contributed by atoms with Crippen molar-refractivity contribution in [3.63, 3.8) is 0 Å². The molecule has 0 bridgehead atoms. The van der Waals surface area contributed by atoms with Gasteiger partial charge >= 0.3 is 0 Å². The summed E-state index contributed by atoms with van der Waals surface area (Å²) in [5.74, 6) is 1.94. The summed E-state index contributed by atoms with van der Waals surface area (Å²) in [6.07, 6.45) is 3.10. The van der Waals surface area contributed by atoms with E-state index in [2.05, 4.69) is 50.4 Å². The highest BCUT2D eigenvalue weighted by molar-refractivity contribution is 5.88. The van der Waals surface area contributed by atoms with Crippen LogP contribution in [0, 0.1) is 11.8 Å². The van der Waals surface area contributed by atoms with E-state index >= 15 is 0 Å². The van der Waals surface area contributed by atoms with Crippen LogP contribution in [0.1, 0.15) is 57.6 Å². The number of hydrogen-bond donors (Lipinski definition) is 1. The molecule has 0 saturated carbocycles. The van der Waals surface area contributed by atoms with Gasteiger partial charge in [0.25, 0.3) is 0 Å². The van der Waals surface area contributed by atoms with Crippen molar-refractivity contribution in [2.24, 2.45) is 11.8 Å². The summed E-state index contributed by atoms with van der Waals surface area (Å²) in [6.45, 7) is 6.49. The van der Waals surface area contributed by atoms with Gasteiger partial charge in [0.05, 0.1) is 5.70 Å². The van der Waals surface area contributed by atoms with E-state index in [4.69, 9.17) is 4.74 Å². The second kappa shape index (κ2) is 9.59. The van der Waals surface area contributed by atoms with Crippen LogP contribution in [-0.2, 0) is 9.53 Å². The van der Waals surface area contributed by atoms with Crippen molar-refractivity contribution in [1.82, 2.24) is 5.32 Å². The zero-order valence-corrected chi connectivity index (χ0v) is 17.2. The molecule has 0 saturated heterocycles. The second-order valence-electron chi connectivity index (χ2n) is 8.13. The van der Waals surface area contributed by atoms with Crippen LogP contribution in [-0.4, -0.2) is 12.0 Å². The molecule has 1 aliphatic rings. The monoisotopic (exact) mass is 377 g/mol. The number of hydrogen-bond acceptors (Lipinski definition) is 3. The molecule has 3 nitrogen and oxygen atoms in total. The van der Waals surface area contributed by atoms with Gasteiger partial charge < -0.3 is 10.1 Å². The van der Waals surface area contributed by atoms with Crippen molar-refractivity contribution in [2.75, 3.05) is 0 Å². The van der Waals surface area contributed by atoms with Gasteiger partial charge in [-0.15, -0.1) is 0 Å². The fourth-order valence-corrected chi connectivity index (χ4v) is 3.58. The molecule has 0 aliphatic carbocycles. The first-order valence-electron chi connectivity index (χ1n) is 10.3. The standard InChI is InChI=1S/C25H31NO2/c1-18(2)11-10-16-22(27)17-19(3)25-26-23(20-12-6-4-7-13-20)24(28-25)21-14-8-5-9-15-21/h4-9,12-15,18-19,25-26H,10-11,16-17H2,1-3H3. The lowest BCUT2D eigenvalue weighted by molar-refractivity contribution is -0.120. The lowest BCUT2D eigenvalue weighted by Crippen LogP contribution is -2.32. The topological polar surface area (TPSA) is 38.3 Å². The minimum atomic E-state index is -0.195. The van der Waals surface area contributed by atoms with Crippen LogP contribution in [0.5, 0.6) is 0 Å². The predicted molar refractivity (Wildman–Crippen MR) is 115 cm³/mol. The van der Waals surface area contributed by atoms with E-state index in [1.54, 1.807) is 0 Å². The van der Waals surface area contributed by atoms with Gasteiger partial charge in [0.1, 0.15) is 5.78 Å². The number of Topliss-reactive ketones (excluding diaryl/α,β-unsaturated/α-hetero) is 1. The Bertz CT molecular complexity index is 744. The SMILES string of the molecule is CC(C)CCCC(=O)CC(C)C1NC(c2ccccc2)=C(c2ccccc2)O1. The van der Waals surface area contributed by atoms with E-state index in [0.29, 0.717) is 24.5 Å². The van der Waals surface area contributed by atoms with E-state index in [1.165, 1.54) is 0 Å². The molecule has 3 rings (SSSR count). The number of benzene rings is 2. The van der Waals surface area contributed by atoms with Crippen molar-refractivity contribution in [1.29, 1.82) is 0 Å². The van der Waals surface area contributed by atoms with Crippen LogP contribution in [0.2, 0.25) is 0 Å².